The molecule has 1 heterocycles. The third-order valence-electron chi connectivity index (χ3n) is 5.23. The molecule has 1 aliphatic rings. The van der Waals surface area contributed by atoms with Gasteiger partial charge in [-0.15, -0.1) is 11.8 Å². The Morgan fingerprint density at radius 2 is 1.68 bits per heavy atom. The van der Waals surface area contributed by atoms with Gasteiger partial charge in [-0.05, 0) is 87.3 Å². The highest BCUT2D eigenvalue weighted by Crippen LogP contribution is 2.15. The Kier molecular flexibility index (Phi) is 9.37. The number of rotatable bonds is 11. The normalized spacial score (nSPS) is 13.8. The molecule has 31 heavy (non-hydrogen) atoms. The third-order valence-corrected chi connectivity index (χ3v) is 6.24. The Hall–Kier alpha value is -2.38. The zero-order chi connectivity index (χ0) is 21.9. The van der Waals surface area contributed by atoms with Crippen LogP contribution in [-0.2, 0) is 10.5 Å². The van der Waals surface area contributed by atoms with Gasteiger partial charge in [0.05, 0.1) is 5.75 Å². The van der Waals surface area contributed by atoms with Crippen LogP contribution in [0.25, 0.3) is 0 Å². The van der Waals surface area contributed by atoms with Crippen molar-refractivity contribution in [2.45, 2.75) is 31.4 Å². The van der Waals surface area contributed by atoms with Gasteiger partial charge in [-0.3, -0.25) is 9.59 Å². The van der Waals surface area contributed by atoms with Crippen LogP contribution >= 0.6 is 11.8 Å². The molecule has 0 bridgehead atoms. The Morgan fingerprint density at radius 3 is 2.39 bits per heavy atom. The Morgan fingerprint density at radius 1 is 0.968 bits per heavy atom. The van der Waals surface area contributed by atoms with E-state index in [0.717, 1.165) is 24.9 Å². The molecule has 2 aromatic rings. The van der Waals surface area contributed by atoms with Crippen LogP contribution in [0, 0.1) is 5.82 Å². The predicted molar refractivity (Wildman–Crippen MR) is 125 cm³/mol. The topological polar surface area (TPSA) is 61.4 Å². The van der Waals surface area contributed by atoms with E-state index in [-0.39, 0.29) is 17.6 Å². The van der Waals surface area contributed by atoms with Gasteiger partial charge in [-0.1, -0.05) is 12.1 Å². The van der Waals surface area contributed by atoms with E-state index >= 15 is 0 Å². The second-order valence-electron chi connectivity index (χ2n) is 7.76. The molecule has 7 heteroatoms. The average Bonchev–Trinajstić information content (AvgIpc) is 3.29. The van der Waals surface area contributed by atoms with E-state index in [1.165, 1.54) is 62.0 Å². The maximum absolute atomic E-state index is 12.9. The SMILES string of the molecule is O=C(CSCc1ccc(C(=O)NCCCCN2CCCC2)cc1)Nc1ccc(F)cc1. The van der Waals surface area contributed by atoms with E-state index in [9.17, 15) is 14.0 Å². The summed E-state index contributed by atoms with van der Waals surface area (Å²) in [6, 6.07) is 13.2. The molecular formula is C24H30FN3O2S. The molecule has 0 aliphatic carbocycles. The van der Waals surface area contributed by atoms with Crippen molar-refractivity contribution in [2.75, 3.05) is 37.2 Å². The summed E-state index contributed by atoms with van der Waals surface area (Å²) in [4.78, 5) is 26.7. The van der Waals surface area contributed by atoms with Crippen molar-refractivity contribution in [2.24, 2.45) is 0 Å². The van der Waals surface area contributed by atoms with Gasteiger partial charge in [-0.25, -0.2) is 4.39 Å². The van der Waals surface area contributed by atoms with Gasteiger partial charge in [0.2, 0.25) is 5.91 Å². The highest BCUT2D eigenvalue weighted by molar-refractivity contribution is 7.99. The van der Waals surface area contributed by atoms with Crippen LogP contribution in [-0.4, -0.2) is 48.6 Å². The van der Waals surface area contributed by atoms with Gasteiger partial charge in [0.1, 0.15) is 5.82 Å². The van der Waals surface area contributed by atoms with Gasteiger partial charge in [0.25, 0.3) is 5.91 Å². The highest BCUT2D eigenvalue weighted by Gasteiger charge is 2.10. The number of benzene rings is 2. The predicted octanol–water partition coefficient (Wildman–Crippen LogP) is 4.30. The first-order valence-electron chi connectivity index (χ1n) is 10.8. The van der Waals surface area contributed by atoms with Crippen LogP contribution < -0.4 is 10.6 Å². The van der Waals surface area contributed by atoms with Gasteiger partial charge in [0, 0.05) is 23.5 Å². The van der Waals surface area contributed by atoms with Crippen LogP contribution in [0.2, 0.25) is 0 Å². The smallest absolute Gasteiger partial charge is 0.251 e. The average molecular weight is 444 g/mol. The van der Waals surface area contributed by atoms with E-state index < -0.39 is 0 Å². The van der Waals surface area contributed by atoms with Crippen molar-refractivity contribution in [1.29, 1.82) is 0 Å². The lowest BCUT2D eigenvalue weighted by molar-refractivity contribution is -0.113. The first kappa shape index (κ1) is 23.3. The number of anilines is 1. The molecule has 0 spiro atoms. The molecule has 1 fully saturated rings. The lowest BCUT2D eigenvalue weighted by Gasteiger charge is -2.14. The standard InChI is InChI=1S/C24H30FN3O2S/c25-21-9-11-22(12-10-21)27-23(29)18-31-17-19-5-7-20(8-6-19)24(30)26-13-1-2-14-28-15-3-4-16-28/h5-12H,1-4,13-18H2,(H,26,30)(H,27,29). The summed E-state index contributed by atoms with van der Waals surface area (Å²) in [6.45, 7) is 4.27. The van der Waals surface area contributed by atoms with Crippen LogP contribution in [0.15, 0.2) is 48.5 Å². The van der Waals surface area contributed by atoms with Gasteiger partial charge in [0.15, 0.2) is 0 Å². The van der Waals surface area contributed by atoms with Crippen LogP contribution in [0.4, 0.5) is 10.1 Å². The quantitative estimate of drug-likeness (QED) is 0.508. The summed E-state index contributed by atoms with van der Waals surface area (Å²) in [5.74, 6) is 0.477. The Bertz CT molecular complexity index is 837. The minimum Gasteiger partial charge on any atom is -0.352 e. The number of halogens is 1. The fourth-order valence-electron chi connectivity index (χ4n) is 3.51. The molecule has 3 rings (SSSR count). The number of thioether (sulfide) groups is 1. The molecule has 2 N–H and O–H groups in total. The van der Waals surface area contributed by atoms with E-state index in [1.54, 1.807) is 0 Å². The lowest BCUT2D eigenvalue weighted by atomic mass is 10.1. The van der Waals surface area contributed by atoms with Crippen molar-refractivity contribution in [3.63, 3.8) is 0 Å². The lowest BCUT2D eigenvalue weighted by Crippen LogP contribution is -2.26. The fraction of sp³-hybridized carbons (Fsp3) is 0.417. The summed E-state index contributed by atoms with van der Waals surface area (Å²) in [6.07, 6.45) is 4.74. The van der Waals surface area contributed by atoms with Crippen LogP contribution in [0.5, 0.6) is 0 Å². The van der Waals surface area contributed by atoms with Gasteiger partial charge >= 0.3 is 0 Å². The maximum Gasteiger partial charge on any atom is 0.251 e. The molecule has 0 atom stereocenters. The highest BCUT2D eigenvalue weighted by atomic mass is 32.2. The van der Waals surface area contributed by atoms with Gasteiger partial charge < -0.3 is 15.5 Å². The summed E-state index contributed by atoms with van der Waals surface area (Å²) >= 11 is 1.49. The molecule has 1 saturated heterocycles. The minimum absolute atomic E-state index is 0.0425. The molecule has 0 saturated carbocycles. The number of hydrogen-bond donors (Lipinski definition) is 2. The number of carbonyl (C=O) groups excluding carboxylic acids is 2. The van der Waals surface area contributed by atoms with Crippen molar-refractivity contribution < 1.29 is 14.0 Å². The summed E-state index contributed by atoms with van der Waals surface area (Å²) in [5, 5.41) is 5.73. The third kappa shape index (κ3) is 8.34. The number of nitrogens with one attached hydrogen (secondary N) is 2. The Labute approximate surface area is 187 Å². The number of unbranched alkanes of at least 4 members (excludes halogenated alkanes) is 1. The zero-order valence-corrected chi connectivity index (χ0v) is 18.6. The largest absolute Gasteiger partial charge is 0.352 e. The Balaban J connectivity index is 1.30. The van der Waals surface area contributed by atoms with E-state index in [4.69, 9.17) is 0 Å². The molecule has 1 aliphatic heterocycles. The number of likely N-dealkylation sites (tertiary alicyclic amines) is 1. The van der Waals surface area contributed by atoms with E-state index in [2.05, 4.69) is 15.5 Å². The molecule has 0 radical (unpaired) electrons. The number of amides is 2. The molecule has 5 nitrogen and oxygen atoms in total. The number of carbonyl (C=O) groups is 2. The molecule has 0 aromatic heterocycles. The van der Waals surface area contributed by atoms with Crippen LogP contribution in [0.1, 0.15) is 41.6 Å². The maximum atomic E-state index is 12.9. The molecular weight excluding hydrogens is 413 g/mol. The summed E-state index contributed by atoms with van der Waals surface area (Å²) in [7, 11) is 0. The fourth-order valence-corrected chi connectivity index (χ4v) is 4.30. The molecule has 0 unspecified atom stereocenters. The number of nitrogens with zero attached hydrogens (tertiary/aromatic N) is 1. The monoisotopic (exact) mass is 443 g/mol. The first-order chi connectivity index (χ1) is 15.1. The van der Waals surface area contributed by atoms with Crippen molar-refractivity contribution in [3.05, 3.63) is 65.5 Å². The minimum atomic E-state index is -0.331. The second kappa shape index (κ2) is 12.5. The molecule has 166 valence electrons. The van der Waals surface area contributed by atoms with Crippen LogP contribution in [0.3, 0.4) is 0 Å². The van der Waals surface area contributed by atoms with E-state index in [1.807, 2.05) is 24.3 Å². The molecule has 2 amide bonds. The summed E-state index contributed by atoms with van der Waals surface area (Å²) < 4.78 is 12.9. The zero-order valence-electron chi connectivity index (χ0n) is 17.7. The first-order valence-corrected chi connectivity index (χ1v) is 12.0. The van der Waals surface area contributed by atoms with Crippen molar-refractivity contribution in [3.8, 4) is 0 Å². The van der Waals surface area contributed by atoms with Crippen molar-refractivity contribution >= 4 is 29.3 Å². The van der Waals surface area contributed by atoms with Crippen molar-refractivity contribution in [1.82, 2.24) is 10.2 Å². The molecule has 2 aromatic carbocycles. The second-order valence-corrected chi connectivity index (χ2v) is 8.74. The van der Waals surface area contributed by atoms with E-state index in [0.29, 0.717) is 29.3 Å². The van der Waals surface area contributed by atoms with Gasteiger partial charge in [-0.2, -0.15) is 0 Å². The number of hydrogen-bond acceptors (Lipinski definition) is 4. The summed E-state index contributed by atoms with van der Waals surface area (Å²) in [5.41, 5.74) is 2.29.